The Kier molecular flexibility index (Phi) is 2.86. The minimum Gasteiger partial charge on any atom is -0.314 e. The van der Waals surface area contributed by atoms with Crippen molar-refractivity contribution >= 4 is 0 Å². The van der Waals surface area contributed by atoms with Crippen LogP contribution in [-0.2, 0) is 0 Å². The van der Waals surface area contributed by atoms with Crippen LogP contribution in [0.5, 0.6) is 0 Å². The first-order valence-corrected chi connectivity index (χ1v) is 5.35. The topological polar surface area (TPSA) is 18.5 Å². The lowest BCUT2D eigenvalue weighted by Gasteiger charge is -2.35. The van der Waals surface area contributed by atoms with E-state index in [4.69, 9.17) is 0 Å². The van der Waals surface area contributed by atoms with E-state index in [1.165, 1.54) is 39.1 Å². The molecule has 0 radical (unpaired) electrons. The van der Waals surface area contributed by atoms with Gasteiger partial charge in [0.2, 0.25) is 0 Å². The highest BCUT2D eigenvalue weighted by molar-refractivity contribution is 4.89. The van der Waals surface area contributed by atoms with Gasteiger partial charge in [-0.2, -0.15) is 0 Å². The van der Waals surface area contributed by atoms with Gasteiger partial charge in [0.25, 0.3) is 0 Å². The molecule has 2 saturated heterocycles. The maximum atomic E-state index is 3.34. The summed E-state index contributed by atoms with van der Waals surface area (Å²) in [6, 6.07) is 0.854. The summed E-state index contributed by atoms with van der Waals surface area (Å²) < 4.78 is 0. The fourth-order valence-electron chi connectivity index (χ4n) is 2.39. The zero-order valence-corrected chi connectivity index (χ0v) is 8.79. The van der Waals surface area contributed by atoms with Crippen molar-refractivity contribution in [2.45, 2.75) is 12.5 Å². The summed E-state index contributed by atoms with van der Waals surface area (Å²) >= 11 is 0. The summed E-state index contributed by atoms with van der Waals surface area (Å²) in [6.07, 6.45) is 1.40. The Hall–Kier alpha value is -0.120. The Morgan fingerprint density at radius 3 is 2.69 bits per heavy atom. The number of nitrogens with one attached hydrogen (secondary N) is 1. The fourth-order valence-corrected chi connectivity index (χ4v) is 2.39. The first kappa shape index (κ1) is 9.44. The quantitative estimate of drug-likeness (QED) is 0.656. The predicted octanol–water partition coefficient (Wildman–Crippen LogP) is -0.158. The van der Waals surface area contributed by atoms with Gasteiger partial charge in [0.05, 0.1) is 0 Å². The van der Waals surface area contributed by atoms with Gasteiger partial charge in [0.1, 0.15) is 0 Å². The lowest BCUT2D eigenvalue weighted by atomic mass is 10.1. The van der Waals surface area contributed by atoms with Crippen molar-refractivity contribution in [3.05, 3.63) is 0 Å². The van der Waals surface area contributed by atoms with Crippen LogP contribution in [0, 0.1) is 5.92 Å². The van der Waals surface area contributed by atoms with E-state index in [1.807, 2.05) is 0 Å². The van der Waals surface area contributed by atoms with Crippen LogP contribution in [0.25, 0.3) is 0 Å². The number of nitrogens with zero attached hydrogens (tertiary/aromatic N) is 2. The Bertz CT molecular complexity index is 166. The molecule has 0 bridgehead atoms. The highest BCUT2D eigenvalue weighted by atomic mass is 15.3. The fraction of sp³-hybridized carbons (Fsp3) is 1.00. The molecule has 0 amide bonds. The Balaban J connectivity index is 1.73. The van der Waals surface area contributed by atoms with Gasteiger partial charge in [0.15, 0.2) is 0 Å². The van der Waals surface area contributed by atoms with E-state index in [-0.39, 0.29) is 0 Å². The molecule has 0 aromatic rings. The zero-order chi connectivity index (χ0) is 9.26. The lowest BCUT2D eigenvalue weighted by Crippen LogP contribution is -2.56. The summed E-state index contributed by atoms with van der Waals surface area (Å²) in [5, 5.41) is 3.34. The highest BCUT2D eigenvalue weighted by Crippen LogP contribution is 2.20. The third-order valence-corrected chi connectivity index (χ3v) is 3.22. The number of likely N-dealkylation sites (tertiary alicyclic amines) is 1. The van der Waals surface area contributed by atoms with Crippen LogP contribution < -0.4 is 5.32 Å². The van der Waals surface area contributed by atoms with Crippen LogP contribution in [0.1, 0.15) is 6.42 Å². The van der Waals surface area contributed by atoms with Crippen molar-refractivity contribution in [1.82, 2.24) is 15.1 Å². The van der Waals surface area contributed by atoms with E-state index in [0.717, 1.165) is 12.0 Å². The normalized spacial score (nSPS) is 31.2. The third-order valence-electron chi connectivity index (χ3n) is 3.22. The molecule has 0 aliphatic carbocycles. The molecule has 3 nitrogen and oxygen atoms in total. The van der Waals surface area contributed by atoms with E-state index in [0.29, 0.717) is 0 Å². The first-order valence-electron chi connectivity index (χ1n) is 5.35. The lowest BCUT2D eigenvalue weighted by molar-refractivity contribution is 0.170. The summed E-state index contributed by atoms with van der Waals surface area (Å²) in [6.45, 7) is 6.34. The van der Waals surface area contributed by atoms with Crippen LogP contribution >= 0.6 is 0 Å². The smallest absolute Gasteiger partial charge is 0.0345 e. The van der Waals surface area contributed by atoms with Crippen molar-refractivity contribution in [3.8, 4) is 0 Å². The standard InChI is InChI=1S/C10H21N3/c1-12(2)7-9-3-4-13(8-9)10-5-11-6-10/h9-11H,3-8H2,1-2H3. The molecule has 13 heavy (non-hydrogen) atoms. The summed E-state index contributed by atoms with van der Waals surface area (Å²) in [4.78, 5) is 4.97. The van der Waals surface area contributed by atoms with Gasteiger partial charge < -0.3 is 10.2 Å². The molecule has 1 atom stereocenters. The second-order valence-corrected chi connectivity index (χ2v) is 4.72. The van der Waals surface area contributed by atoms with E-state index in [9.17, 15) is 0 Å². The number of hydrogen-bond donors (Lipinski definition) is 1. The molecule has 2 aliphatic heterocycles. The maximum absolute atomic E-state index is 3.34. The van der Waals surface area contributed by atoms with E-state index in [1.54, 1.807) is 0 Å². The summed E-state index contributed by atoms with van der Waals surface area (Å²) in [5.41, 5.74) is 0. The van der Waals surface area contributed by atoms with Crippen LogP contribution in [0.4, 0.5) is 0 Å². The molecule has 2 aliphatic rings. The minimum atomic E-state index is 0.854. The van der Waals surface area contributed by atoms with E-state index >= 15 is 0 Å². The zero-order valence-electron chi connectivity index (χ0n) is 8.79. The van der Waals surface area contributed by atoms with Gasteiger partial charge in [-0.15, -0.1) is 0 Å². The molecule has 0 aromatic carbocycles. The molecular weight excluding hydrogens is 162 g/mol. The molecule has 2 rings (SSSR count). The van der Waals surface area contributed by atoms with Gasteiger partial charge in [-0.05, 0) is 33.0 Å². The first-order chi connectivity index (χ1) is 6.25. The average Bonchev–Trinajstić information content (AvgIpc) is 2.31. The molecule has 76 valence electrons. The molecule has 0 aromatic heterocycles. The van der Waals surface area contributed by atoms with E-state index < -0.39 is 0 Å². The molecular formula is C10H21N3. The van der Waals surface area contributed by atoms with Crippen molar-refractivity contribution < 1.29 is 0 Å². The van der Waals surface area contributed by atoms with Gasteiger partial charge in [-0.1, -0.05) is 0 Å². The predicted molar refractivity (Wildman–Crippen MR) is 54.9 cm³/mol. The van der Waals surface area contributed by atoms with Crippen LogP contribution in [0.15, 0.2) is 0 Å². The average molecular weight is 183 g/mol. The van der Waals surface area contributed by atoms with Crippen LogP contribution in [-0.4, -0.2) is 62.7 Å². The Morgan fingerprint density at radius 2 is 2.15 bits per heavy atom. The molecule has 2 heterocycles. The second kappa shape index (κ2) is 3.95. The summed E-state index contributed by atoms with van der Waals surface area (Å²) in [7, 11) is 4.35. The van der Waals surface area contributed by atoms with Crippen molar-refractivity contribution in [2.24, 2.45) is 5.92 Å². The van der Waals surface area contributed by atoms with Crippen molar-refractivity contribution in [1.29, 1.82) is 0 Å². The van der Waals surface area contributed by atoms with Crippen molar-refractivity contribution in [3.63, 3.8) is 0 Å². The van der Waals surface area contributed by atoms with E-state index in [2.05, 4.69) is 29.2 Å². The molecule has 0 spiro atoms. The monoisotopic (exact) mass is 183 g/mol. The van der Waals surface area contributed by atoms with Crippen LogP contribution in [0.2, 0.25) is 0 Å². The highest BCUT2D eigenvalue weighted by Gasteiger charge is 2.31. The van der Waals surface area contributed by atoms with Gasteiger partial charge in [-0.25, -0.2) is 0 Å². The molecule has 2 fully saturated rings. The molecule has 1 N–H and O–H groups in total. The SMILES string of the molecule is CN(C)CC1CCN(C2CNC2)C1. The van der Waals surface area contributed by atoms with Gasteiger partial charge >= 0.3 is 0 Å². The minimum absolute atomic E-state index is 0.854. The van der Waals surface area contributed by atoms with Gasteiger partial charge in [-0.3, -0.25) is 4.90 Å². The third kappa shape index (κ3) is 2.22. The molecule has 0 saturated carbocycles. The second-order valence-electron chi connectivity index (χ2n) is 4.72. The van der Waals surface area contributed by atoms with Crippen molar-refractivity contribution in [2.75, 3.05) is 46.8 Å². The van der Waals surface area contributed by atoms with Gasteiger partial charge in [0, 0.05) is 32.2 Å². The Morgan fingerprint density at radius 1 is 1.38 bits per heavy atom. The molecule has 3 heteroatoms. The number of hydrogen-bond acceptors (Lipinski definition) is 3. The molecule has 1 unspecified atom stereocenters. The number of rotatable bonds is 3. The maximum Gasteiger partial charge on any atom is 0.0345 e. The Labute approximate surface area is 81.1 Å². The largest absolute Gasteiger partial charge is 0.314 e. The van der Waals surface area contributed by atoms with Crippen LogP contribution in [0.3, 0.4) is 0 Å². The summed E-state index contributed by atoms with van der Waals surface area (Å²) in [5.74, 6) is 0.913.